The molecule has 0 saturated heterocycles. The van der Waals surface area contributed by atoms with E-state index in [0.29, 0.717) is 5.13 Å². The quantitative estimate of drug-likeness (QED) is 0.581. The van der Waals surface area contributed by atoms with Crippen LogP contribution in [0.15, 0.2) is 59.8 Å². The first-order chi connectivity index (χ1) is 10.8. The molecule has 0 aliphatic carbocycles. The van der Waals surface area contributed by atoms with Gasteiger partial charge in [-0.1, -0.05) is 59.0 Å². The molecule has 1 N–H and O–H groups in total. The first-order valence-electron chi connectivity index (χ1n) is 6.67. The smallest absolute Gasteiger partial charge is 0.266 e. The lowest BCUT2D eigenvalue weighted by atomic mass is 10.2. The first-order valence-corrected chi connectivity index (χ1v) is 7.49. The molecule has 110 valence electrons. The standard InChI is InChI=1S/C16H13N3O2S/c20-15(11-21-17-10-12-6-2-1-3-7-12)19-16-18-13-8-4-5-9-14(13)22-16/h1-10H,11H2,(H,18,19,20)/b17-10-. The molecule has 3 rings (SSSR count). The number of aromatic nitrogens is 1. The Morgan fingerprint density at radius 2 is 1.95 bits per heavy atom. The van der Waals surface area contributed by atoms with Crippen molar-refractivity contribution in [2.75, 3.05) is 11.9 Å². The summed E-state index contributed by atoms with van der Waals surface area (Å²) in [5, 5.41) is 7.02. The summed E-state index contributed by atoms with van der Waals surface area (Å²) in [4.78, 5) is 21.1. The molecule has 3 aromatic rings. The lowest BCUT2D eigenvalue weighted by Gasteiger charge is -1.99. The number of hydrogen-bond acceptors (Lipinski definition) is 5. The predicted octanol–water partition coefficient (Wildman–Crippen LogP) is 3.29. The number of nitrogens with one attached hydrogen (secondary N) is 1. The second kappa shape index (κ2) is 6.82. The minimum Gasteiger partial charge on any atom is -0.386 e. The van der Waals surface area contributed by atoms with Gasteiger partial charge in [-0.25, -0.2) is 4.98 Å². The van der Waals surface area contributed by atoms with Gasteiger partial charge in [-0.05, 0) is 17.7 Å². The molecule has 0 unspecified atom stereocenters. The summed E-state index contributed by atoms with van der Waals surface area (Å²) in [6.07, 6.45) is 1.56. The monoisotopic (exact) mass is 311 g/mol. The van der Waals surface area contributed by atoms with Crippen molar-refractivity contribution in [1.82, 2.24) is 4.98 Å². The van der Waals surface area contributed by atoms with Gasteiger partial charge in [0.05, 0.1) is 16.4 Å². The fourth-order valence-electron chi connectivity index (χ4n) is 1.81. The Bertz CT molecular complexity index is 766. The van der Waals surface area contributed by atoms with Crippen LogP contribution in [0.4, 0.5) is 5.13 Å². The largest absolute Gasteiger partial charge is 0.386 e. The van der Waals surface area contributed by atoms with E-state index in [4.69, 9.17) is 4.84 Å². The van der Waals surface area contributed by atoms with Gasteiger partial charge in [0.25, 0.3) is 5.91 Å². The van der Waals surface area contributed by atoms with E-state index < -0.39 is 0 Å². The molecule has 0 radical (unpaired) electrons. The van der Waals surface area contributed by atoms with Crippen LogP contribution in [-0.4, -0.2) is 23.7 Å². The summed E-state index contributed by atoms with van der Waals surface area (Å²) in [5.41, 5.74) is 1.78. The summed E-state index contributed by atoms with van der Waals surface area (Å²) < 4.78 is 1.03. The highest BCUT2D eigenvalue weighted by atomic mass is 32.1. The maximum Gasteiger partial charge on any atom is 0.266 e. The zero-order valence-corrected chi connectivity index (χ0v) is 12.4. The molecule has 0 fully saturated rings. The van der Waals surface area contributed by atoms with E-state index >= 15 is 0 Å². The minimum absolute atomic E-state index is 0.154. The number of para-hydroxylation sites is 1. The molecule has 1 amide bonds. The molecule has 0 spiro atoms. The van der Waals surface area contributed by atoms with Crippen LogP contribution < -0.4 is 5.32 Å². The number of carbonyl (C=O) groups is 1. The van der Waals surface area contributed by atoms with Gasteiger partial charge in [0.15, 0.2) is 11.7 Å². The van der Waals surface area contributed by atoms with Gasteiger partial charge in [0.1, 0.15) is 0 Å². The molecule has 2 aromatic carbocycles. The van der Waals surface area contributed by atoms with E-state index in [0.717, 1.165) is 15.8 Å². The van der Waals surface area contributed by atoms with Crippen molar-refractivity contribution in [2.45, 2.75) is 0 Å². The number of carbonyl (C=O) groups excluding carboxylic acids is 1. The molecule has 22 heavy (non-hydrogen) atoms. The number of benzene rings is 2. The van der Waals surface area contributed by atoms with Crippen LogP contribution in [0.25, 0.3) is 10.2 Å². The average molecular weight is 311 g/mol. The van der Waals surface area contributed by atoms with Crippen molar-refractivity contribution in [3.8, 4) is 0 Å². The fourth-order valence-corrected chi connectivity index (χ4v) is 2.70. The third-order valence-electron chi connectivity index (χ3n) is 2.81. The molecule has 5 nitrogen and oxygen atoms in total. The third kappa shape index (κ3) is 3.67. The second-order valence-electron chi connectivity index (χ2n) is 4.45. The highest BCUT2D eigenvalue weighted by molar-refractivity contribution is 7.22. The highest BCUT2D eigenvalue weighted by Gasteiger charge is 2.07. The van der Waals surface area contributed by atoms with E-state index in [-0.39, 0.29) is 12.5 Å². The number of nitrogens with zero attached hydrogens (tertiary/aromatic N) is 2. The molecule has 0 saturated carbocycles. The maximum atomic E-state index is 11.8. The lowest BCUT2D eigenvalue weighted by molar-refractivity contribution is -0.120. The maximum absolute atomic E-state index is 11.8. The Kier molecular flexibility index (Phi) is 4.41. The van der Waals surface area contributed by atoms with Crippen molar-refractivity contribution in [1.29, 1.82) is 0 Å². The van der Waals surface area contributed by atoms with E-state index in [1.165, 1.54) is 11.3 Å². The number of oxime groups is 1. The Balaban J connectivity index is 1.51. The van der Waals surface area contributed by atoms with Gasteiger partial charge in [-0.15, -0.1) is 0 Å². The number of fused-ring (bicyclic) bond motifs is 1. The van der Waals surface area contributed by atoms with Gasteiger partial charge in [-0.2, -0.15) is 0 Å². The molecule has 0 atom stereocenters. The summed E-state index contributed by atoms with van der Waals surface area (Å²) in [7, 11) is 0. The van der Waals surface area contributed by atoms with Crippen LogP contribution in [0, 0.1) is 0 Å². The molecule has 6 heteroatoms. The topological polar surface area (TPSA) is 63.6 Å². The summed E-state index contributed by atoms with van der Waals surface area (Å²) >= 11 is 1.42. The van der Waals surface area contributed by atoms with E-state index in [9.17, 15) is 4.79 Å². The van der Waals surface area contributed by atoms with Gasteiger partial charge in [0, 0.05) is 0 Å². The molecule has 0 bridgehead atoms. The number of amides is 1. The normalized spacial score (nSPS) is 10.9. The van der Waals surface area contributed by atoms with Gasteiger partial charge in [-0.3, -0.25) is 10.1 Å². The van der Waals surface area contributed by atoms with Crippen LogP contribution in [0.1, 0.15) is 5.56 Å². The van der Waals surface area contributed by atoms with Gasteiger partial charge in [0.2, 0.25) is 0 Å². The van der Waals surface area contributed by atoms with Crippen LogP contribution in [-0.2, 0) is 9.63 Å². The van der Waals surface area contributed by atoms with Crippen molar-refractivity contribution >= 4 is 38.8 Å². The van der Waals surface area contributed by atoms with Crippen LogP contribution in [0.2, 0.25) is 0 Å². The summed E-state index contributed by atoms with van der Waals surface area (Å²) in [5.74, 6) is -0.288. The van der Waals surface area contributed by atoms with E-state index in [1.807, 2.05) is 54.6 Å². The van der Waals surface area contributed by atoms with Crippen LogP contribution >= 0.6 is 11.3 Å². The zero-order chi connectivity index (χ0) is 15.2. The zero-order valence-electron chi connectivity index (χ0n) is 11.6. The van der Waals surface area contributed by atoms with Gasteiger partial charge >= 0.3 is 0 Å². The minimum atomic E-state index is -0.288. The molecular formula is C16H13N3O2S. The fraction of sp³-hybridized carbons (Fsp3) is 0.0625. The number of hydrogen-bond donors (Lipinski definition) is 1. The summed E-state index contributed by atoms with van der Waals surface area (Å²) in [6.45, 7) is -0.154. The van der Waals surface area contributed by atoms with Crippen molar-refractivity contribution < 1.29 is 9.63 Å². The second-order valence-corrected chi connectivity index (χ2v) is 5.48. The third-order valence-corrected chi connectivity index (χ3v) is 3.76. The molecule has 1 heterocycles. The summed E-state index contributed by atoms with van der Waals surface area (Å²) in [6, 6.07) is 17.2. The number of rotatable bonds is 5. The first kappa shape index (κ1) is 14.2. The van der Waals surface area contributed by atoms with E-state index in [2.05, 4.69) is 15.5 Å². The molecular weight excluding hydrogens is 298 g/mol. The van der Waals surface area contributed by atoms with Crippen LogP contribution in [0.5, 0.6) is 0 Å². The SMILES string of the molecule is O=C(CO/N=C\c1ccccc1)Nc1nc2ccccc2s1. The Hall–Kier alpha value is -2.73. The van der Waals surface area contributed by atoms with Gasteiger partial charge < -0.3 is 4.84 Å². The van der Waals surface area contributed by atoms with Crippen molar-refractivity contribution in [3.63, 3.8) is 0 Å². The Labute approximate surface area is 131 Å². The van der Waals surface area contributed by atoms with Crippen LogP contribution in [0.3, 0.4) is 0 Å². The number of anilines is 1. The van der Waals surface area contributed by atoms with Crippen molar-refractivity contribution in [2.24, 2.45) is 5.16 Å². The molecule has 0 aliphatic heterocycles. The molecule has 1 aromatic heterocycles. The predicted molar refractivity (Wildman–Crippen MR) is 88.2 cm³/mol. The van der Waals surface area contributed by atoms with E-state index in [1.54, 1.807) is 6.21 Å². The lowest BCUT2D eigenvalue weighted by Crippen LogP contribution is -2.16. The highest BCUT2D eigenvalue weighted by Crippen LogP contribution is 2.25. The molecule has 0 aliphatic rings. The Morgan fingerprint density at radius 1 is 1.18 bits per heavy atom. The number of thiazole rings is 1. The van der Waals surface area contributed by atoms with Crippen molar-refractivity contribution in [3.05, 3.63) is 60.2 Å². The Morgan fingerprint density at radius 3 is 2.77 bits per heavy atom. The average Bonchev–Trinajstić information content (AvgIpc) is 2.94.